The van der Waals surface area contributed by atoms with Crippen LogP contribution in [0.1, 0.15) is 48.6 Å². The van der Waals surface area contributed by atoms with Crippen molar-refractivity contribution in [2.75, 3.05) is 0 Å². The molecule has 0 saturated carbocycles. The number of benzene rings is 9. The summed E-state index contributed by atoms with van der Waals surface area (Å²) in [6, 6.07) is 74.2. The summed E-state index contributed by atoms with van der Waals surface area (Å²) in [5.74, 6) is 0. The van der Waals surface area contributed by atoms with E-state index >= 15 is 0 Å². The molecule has 0 amide bonds. The lowest BCUT2D eigenvalue weighted by molar-refractivity contribution is 0.659. The van der Waals surface area contributed by atoms with E-state index in [1.165, 1.54) is 98.1 Å². The van der Waals surface area contributed by atoms with Crippen molar-refractivity contribution in [1.29, 1.82) is 0 Å². The smallest absolute Gasteiger partial charge is 0.0362 e. The molecular weight excluding hydrogens is 797 g/mol. The van der Waals surface area contributed by atoms with Gasteiger partial charge in [-0.3, -0.25) is 0 Å². The van der Waals surface area contributed by atoms with Gasteiger partial charge in [0.15, 0.2) is 0 Å². The van der Waals surface area contributed by atoms with Crippen LogP contribution in [0.15, 0.2) is 211 Å². The maximum Gasteiger partial charge on any atom is 0.0362 e. The number of thiophene rings is 1. The van der Waals surface area contributed by atoms with Crippen LogP contribution in [0.5, 0.6) is 0 Å². The van der Waals surface area contributed by atoms with Crippen molar-refractivity contribution in [1.82, 2.24) is 0 Å². The molecule has 0 spiro atoms. The van der Waals surface area contributed by atoms with Crippen molar-refractivity contribution in [2.24, 2.45) is 0 Å². The van der Waals surface area contributed by atoms with Crippen LogP contribution in [-0.2, 0) is 11.8 Å². The lowest BCUT2D eigenvalue weighted by atomic mass is 9.82. The molecule has 0 fully saturated rings. The first-order valence-corrected chi connectivity index (χ1v) is 23.2. The van der Waals surface area contributed by atoms with Gasteiger partial charge in [-0.1, -0.05) is 208 Å². The van der Waals surface area contributed by atoms with Crippen LogP contribution in [0, 0.1) is 13.8 Å². The van der Waals surface area contributed by atoms with Crippen LogP contribution in [0.25, 0.3) is 75.8 Å². The van der Waals surface area contributed by atoms with Crippen LogP contribution in [0.4, 0.5) is 0 Å². The highest BCUT2D eigenvalue weighted by molar-refractivity contribution is 7.80. The highest BCUT2D eigenvalue weighted by atomic mass is 32.1. The summed E-state index contributed by atoms with van der Waals surface area (Å²) in [7, 11) is 0. The molecule has 0 N–H and O–H groups in total. The van der Waals surface area contributed by atoms with E-state index < -0.39 is 0 Å². The first kappa shape index (κ1) is 41.9. The minimum absolute atomic E-state index is 0.150. The number of hydrogen-bond donors (Lipinski definition) is 1. The van der Waals surface area contributed by atoms with E-state index in [1.54, 1.807) is 0 Å². The molecule has 1 aliphatic carbocycles. The van der Waals surface area contributed by atoms with Crippen LogP contribution in [-0.4, -0.2) is 0 Å². The Hall–Kier alpha value is -6.45. The molecule has 1 heterocycles. The lowest BCUT2D eigenvalue weighted by Crippen LogP contribution is -2.15. The Labute approximate surface area is 383 Å². The summed E-state index contributed by atoms with van der Waals surface area (Å²) in [5.41, 5.74) is 19.8. The molecule has 0 unspecified atom stereocenters. The molecule has 308 valence electrons. The standard InChI is InChI=1S/C31H22S2.C17H18.C13H12/c1-20-13-15-21(16-14-20)27-19-31-28(25-10-3-5-12-30(25)33-31)18-26(27)23-8-6-7-22(17-23)24-9-2-4-11-29(24)32;1-4-12-9-10-14-13-7-5-6-8-15(13)17(2,3)16(14)11-12;1-11-7-9-13(10-8-11)12-5-3-2-4-6-12/h2-19,32H,1H3;5-11H,4H2,1-3H3;2-10H,1H3. The van der Waals surface area contributed by atoms with Crippen LogP contribution < -0.4 is 0 Å². The fraction of sp³-hybridized carbons (Fsp3) is 0.115. The largest absolute Gasteiger partial charge is 0.143 e. The van der Waals surface area contributed by atoms with Gasteiger partial charge in [0.2, 0.25) is 0 Å². The lowest BCUT2D eigenvalue weighted by Gasteiger charge is -2.21. The van der Waals surface area contributed by atoms with Crippen molar-refractivity contribution < 1.29 is 0 Å². The Morgan fingerprint density at radius 1 is 0.397 bits per heavy atom. The zero-order valence-corrected chi connectivity index (χ0v) is 38.4. The summed E-state index contributed by atoms with van der Waals surface area (Å²) < 4.78 is 2.66. The molecule has 1 aliphatic rings. The second-order valence-electron chi connectivity index (χ2n) is 17.1. The van der Waals surface area contributed by atoms with E-state index in [1.807, 2.05) is 29.5 Å². The monoisotopic (exact) mass is 848 g/mol. The first-order chi connectivity index (χ1) is 30.7. The summed E-state index contributed by atoms with van der Waals surface area (Å²) in [5, 5.41) is 2.65. The quantitative estimate of drug-likeness (QED) is 0.164. The number of fused-ring (bicyclic) bond motifs is 6. The zero-order chi connectivity index (χ0) is 43.5. The molecule has 9 aromatic carbocycles. The van der Waals surface area contributed by atoms with Gasteiger partial charge in [-0.15, -0.1) is 24.0 Å². The van der Waals surface area contributed by atoms with E-state index in [2.05, 4.69) is 223 Å². The van der Waals surface area contributed by atoms with Gasteiger partial charge >= 0.3 is 0 Å². The number of thiol groups is 1. The summed E-state index contributed by atoms with van der Waals surface area (Å²) in [6.07, 6.45) is 1.11. The average Bonchev–Trinajstić information content (AvgIpc) is 3.80. The second kappa shape index (κ2) is 18.1. The molecule has 0 saturated heterocycles. The Morgan fingerprint density at radius 3 is 1.67 bits per heavy atom. The summed E-state index contributed by atoms with van der Waals surface area (Å²) >= 11 is 6.57. The molecule has 0 atom stereocenters. The Bertz CT molecular complexity index is 3190. The van der Waals surface area contributed by atoms with Gasteiger partial charge < -0.3 is 0 Å². The van der Waals surface area contributed by atoms with Gasteiger partial charge in [0.1, 0.15) is 0 Å². The van der Waals surface area contributed by atoms with E-state index in [-0.39, 0.29) is 5.41 Å². The maximum atomic E-state index is 4.70. The average molecular weight is 849 g/mol. The Kier molecular flexibility index (Phi) is 12.0. The predicted octanol–water partition coefficient (Wildman–Crippen LogP) is 17.9. The molecule has 2 heteroatoms. The molecule has 0 radical (unpaired) electrons. The van der Waals surface area contributed by atoms with E-state index in [0.29, 0.717) is 0 Å². The maximum absolute atomic E-state index is 4.70. The fourth-order valence-corrected chi connectivity index (χ4v) is 10.3. The molecule has 63 heavy (non-hydrogen) atoms. The minimum atomic E-state index is 0.150. The van der Waals surface area contributed by atoms with Crippen LogP contribution in [0.3, 0.4) is 0 Å². The molecule has 11 rings (SSSR count). The third kappa shape index (κ3) is 8.67. The first-order valence-electron chi connectivity index (χ1n) is 21.9. The molecular formula is C61H52S2. The van der Waals surface area contributed by atoms with Crippen LogP contribution >= 0.6 is 24.0 Å². The third-order valence-corrected chi connectivity index (χ3v) is 14.0. The topological polar surface area (TPSA) is 0 Å². The summed E-state index contributed by atoms with van der Waals surface area (Å²) in [4.78, 5) is 0.993. The van der Waals surface area contributed by atoms with Crippen molar-refractivity contribution >= 4 is 44.1 Å². The molecule has 0 nitrogen and oxygen atoms in total. The van der Waals surface area contributed by atoms with Gasteiger partial charge in [0.05, 0.1) is 0 Å². The van der Waals surface area contributed by atoms with E-state index in [0.717, 1.165) is 16.9 Å². The summed E-state index contributed by atoms with van der Waals surface area (Å²) in [6.45, 7) is 11.1. The normalized spacial score (nSPS) is 12.2. The molecule has 0 aliphatic heterocycles. The number of aryl methyl sites for hydroxylation is 3. The van der Waals surface area contributed by atoms with Gasteiger partial charge in [0.25, 0.3) is 0 Å². The fourth-order valence-electron chi connectivity index (χ4n) is 8.90. The third-order valence-electron chi connectivity index (χ3n) is 12.5. The van der Waals surface area contributed by atoms with Gasteiger partial charge in [-0.05, 0) is 123 Å². The highest BCUT2D eigenvalue weighted by Crippen LogP contribution is 2.49. The van der Waals surface area contributed by atoms with E-state index in [4.69, 9.17) is 12.6 Å². The molecule has 0 bridgehead atoms. The van der Waals surface area contributed by atoms with Gasteiger partial charge in [-0.25, -0.2) is 0 Å². The van der Waals surface area contributed by atoms with Crippen molar-refractivity contribution in [3.05, 3.63) is 234 Å². The zero-order valence-electron chi connectivity index (χ0n) is 36.7. The second-order valence-corrected chi connectivity index (χ2v) is 18.7. The minimum Gasteiger partial charge on any atom is -0.143 e. The van der Waals surface area contributed by atoms with Crippen molar-refractivity contribution in [3.63, 3.8) is 0 Å². The predicted molar refractivity (Wildman–Crippen MR) is 278 cm³/mol. The molecule has 10 aromatic rings. The SMILES string of the molecule is CCc1ccc2c(c1)C(C)(C)c1ccccc1-2.Cc1ccc(-c2cc3sc4ccccc4c3cc2-c2cccc(-c3ccccc3S)c2)cc1.Cc1ccc(-c2ccccc2)cc1. The Balaban J connectivity index is 0.000000139. The highest BCUT2D eigenvalue weighted by Gasteiger charge is 2.34. The number of rotatable bonds is 5. The number of hydrogen-bond acceptors (Lipinski definition) is 2. The van der Waals surface area contributed by atoms with Crippen molar-refractivity contribution in [2.45, 2.75) is 51.3 Å². The van der Waals surface area contributed by atoms with E-state index in [9.17, 15) is 0 Å². The van der Waals surface area contributed by atoms with Crippen LogP contribution in [0.2, 0.25) is 0 Å². The van der Waals surface area contributed by atoms with Gasteiger partial charge in [-0.2, -0.15) is 0 Å². The molecule has 1 aromatic heterocycles. The van der Waals surface area contributed by atoms with Gasteiger partial charge in [0, 0.05) is 30.5 Å². The van der Waals surface area contributed by atoms with Crippen molar-refractivity contribution in [3.8, 4) is 55.6 Å². The Morgan fingerprint density at radius 2 is 0.952 bits per heavy atom.